The first-order valence-corrected chi connectivity index (χ1v) is 4.65. The standard InChI is InChI=1S/C11H13FO/c1-7-10(13)6-5-8-3-2-4-9(12)11(7)8/h2-4,7,10,13H,5-6H2,1H3. The lowest BCUT2D eigenvalue weighted by Crippen LogP contribution is -2.24. The zero-order valence-electron chi connectivity index (χ0n) is 7.63. The summed E-state index contributed by atoms with van der Waals surface area (Å²) in [6.07, 6.45) is 1.15. The number of rotatable bonds is 0. The van der Waals surface area contributed by atoms with Crippen molar-refractivity contribution in [3.8, 4) is 0 Å². The molecular formula is C11H13FO. The molecule has 0 aliphatic heterocycles. The smallest absolute Gasteiger partial charge is 0.127 e. The summed E-state index contributed by atoms with van der Waals surface area (Å²) in [7, 11) is 0. The monoisotopic (exact) mass is 180 g/mol. The number of aliphatic hydroxyl groups excluding tert-OH is 1. The Bertz CT molecular complexity index is 322. The van der Waals surface area contributed by atoms with Crippen LogP contribution in [0.25, 0.3) is 0 Å². The normalized spacial score (nSPS) is 27.0. The van der Waals surface area contributed by atoms with Crippen LogP contribution in [0.5, 0.6) is 0 Å². The van der Waals surface area contributed by atoms with Gasteiger partial charge in [0.15, 0.2) is 0 Å². The number of hydrogen-bond donors (Lipinski definition) is 1. The van der Waals surface area contributed by atoms with Crippen molar-refractivity contribution in [2.45, 2.75) is 31.8 Å². The first-order valence-electron chi connectivity index (χ1n) is 4.65. The van der Waals surface area contributed by atoms with E-state index in [2.05, 4.69) is 0 Å². The van der Waals surface area contributed by atoms with Gasteiger partial charge in [-0.1, -0.05) is 19.1 Å². The minimum Gasteiger partial charge on any atom is -0.392 e. The molecule has 2 unspecified atom stereocenters. The van der Waals surface area contributed by atoms with Gasteiger partial charge in [0.05, 0.1) is 6.10 Å². The third-order valence-corrected chi connectivity index (χ3v) is 2.89. The summed E-state index contributed by atoms with van der Waals surface area (Å²) in [5, 5.41) is 9.58. The summed E-state index contributed by atoms with van der Waals surface area (Å²) in [6, 6.07) is 5.15. The first kappa shape index (κ1) is 8.70. The lowest BCUT2D eigenvalue weighted by Gasteiger charge is -2.27. The zero-order chi connectivity index (χ0) is 9.42. The molecule has 1 aliphatic rings. The predicted molar refractivity (Wildman–Crippen MR) is 49.1 cm³/mol. The topological polar surface area (TPSA) is 20.2 Å². The van der Waals surface area contributed by atoms with E-state index in [1.807, 2.05) is 13.0 Å². The lowest BCUT2D eigenvalue weighted by atomic mass is 9.81. The van der Waals surface area contributed by atoms with Crippen LogP contribution in [0.4, 0.5) is 4.39 Å². The highest BCUT2D eigenvalue weighted by atomic mass is 19.1. The molecule has 0 spiro atoms. The molecule has 2 heteroatoms. The fraction of sp³-hybridized carbons (Fsp3) is 0.455. The third kappa shape index (κ3) is 1.35. The van der Waals surface area contributed by atoms with E-state index in [0.717, 1.165) is 18.4 Å². The van der Waals surface area contributed by atoms with Gasteiger partial charge < -0.3 is 5.11 Å². The van der Waals surface area contributed by atoms with Gasteiger partial charge in [-0.05, 0) is 30.0 Å². The molecule has 0 heterocycles. The van der Waals surface area contributed by atoms with Gasteiger partial charge in [-0.2, -0.15) is 0 Å². The SMILES string of the molecule is CC1c2c(F)cccc2CCC1O. The Balaban J connectivity index is 2.51. The summed E-state index contributed by atoms with van der Waals surface area (Å²) in [4.78, 5) is 0. The molecule has 2 atom stereocenters. The molecule has 1 aliphatic carbocycles. The summed E-state index contributed by atoms with van der Waals surface area (Å²) < 4.78 is 13.4. The summed E-state index contributed by atoms with van der Waals surface area (Å²) >= 11 is 0. The highest BCUT2D eigenvalue weighted by Gasteiger charge is 2.26. The molecule has 0 saturated carbocycles. The Hall–Kier alpha value is -0.890. The van der Waals surface area contributed by atoms with Crippen molar-refractivity contribution < 1.29 is 9.50 Å². The summed E-state index contributed by atoms with van der Waals surface area (Å²) in [5.74, 6) is -0.242. The van der Waals surface area contributed by atoms with E-state index in [1.165, 1.54) is 6.07 Å². The summed E-state index contributed by atoms with van der Waals surface area (Å²) in [6.45, 7) is 1.88. The largest absolute Gasteiger partial charge is 0.392 e. The third-order valence-electron chi connectivity index (χ3n) is 2.89. The van der Waals surface area contributed by atoms with E-state index in [4.69, 9.17) is 0 Å². The van der Waals surface area contributed by atoms with Crippen molar-refractivity contribution in [2.24, 2.45) is 0 Å². The maximum absolute atomic E-state index is 13.4. The molecule has 0 bridgehead atoms. The number of hydrogen-bond acceptors (Lipinski definition) is 1. The molecule has 13 heavy (non-hydrogen) atoms. The van der Waals surface area contributed by atoms with Crippen LogP contribution in [0.15, 0.2) is 18.2 Å². The molecule has 1 aromatic rings. The van der Waals surface area contributed by atoms with Crippen LogP contribution in [-0.4, -0.2) is 11.2 Å². The van der Waals surface area contributed by atoms with Crippen LogP contribution >= 0.6 is 0 Å². The molecule has 0 fully saturated rings. The number of fused-ring (bicyclic) bond motifs is 1. The van der Waals surface area contributed by atoms with Gasteiger partial charge in [0, 0.05) is 5.92 Å². The van der Waals surface area contributed by atoms with E-state index in [9.17, 15) is 9.50 Å². The van der Waals surface area contributed by atoms with Gasteiger partial charge in [0.2, 0.25) is 0 Å². The number of aliphatic hydroxyl groups is 1. The van der Waals surface area contributed by atoms with Gasteiger partial charge in [0.25, 0.3) is 0 Å². The highest BCUT2D eigenvalue weighted by molar-refractivity contribution is 5.34. The van der Waals surface area contributed by atoms with E-state index < -0.39 is 0 Å². The fourth-order valence-corrected chi connectivity index (χ4v) is 2.06. The second-order valence-electron chi connectivity index (χ2n) is 3.71. The maximum atomic E-state index is 13.4. The van der Waals surface area contributed by atoms with Crippen molar-refractivity contribution in [2.75, 3.05) is 0 Å². The number of benzene rings is 1. The minimum atomic E-state index is -0.385. The van der Waals surface area contributed by atoms with E-state index >= 15 is 0 Å². The lowest BCUT2D eigenvalue weighted by molar-refractivity contribution is 0.130. The van der Waals surface area contributed by atoms with Crippen LogP contribution in [0, 0.1) is 5.82 Å². The Kier molecular flexibility index (Phi) is 2.08. The van der Waals surface area contributed by atoms with Gasteiger partial charge in [-0.3, -0.25) is 0 Å². The molecule has 0 saturated heterocycles. The van der Waals surface area contributed by atoms with Crippen LogP contribution in [0.2, 0.25) is 0 Å². The average Bonchev–Trinajstić information content (AvgIpc) is 2.12. The van der Waals surface area contributed by atoms with Gasteiger partial charge in [0.1, 0.15) is 5.82 Å². The minimum absolute atomic E-state index is 0.0649. The van der Waals surface area contributed by atoms with Crippen molar-refractivity contribution in [1.29, 1.82) is 0 Å². The number of halogens is 1. The van der Waals surface area contributed by atoms with E-state index in [0.29, 0.717) is 5.56 Å². The average molecular weight is 180 g/mol. The second-order valence-corrected chi connectivity index (χ2v) is 3.71. The fourth-order valence-electron chi connectivity index (χ4n) is 2.06. The molecule has 2 rings (SSSR count). The van der Waals surface area contributed by atoms with Gasteiger partial charge >= 0.3 is 0 Å². The van der Waals surface area contributed by atoms with Crippen molar-refractivity contribution in [1.82, 2.24) is 0 Å². The molecule has 0 aromatic heterocycles. The Morgan fingerprint density at radius 3 is 3.00 bits per heavy atom. The maximum Gasteiger partial charge on any atom is 0.127 e. The quantitative estimate of drug-likeness (QED) is 0.649. The Morgan fingerprint density at radius 2 is 2.23 bits per heavy atom. The van der Waals surface area contributed by atoms with Crippen LogP contribution in [0.1, 0.15) is 30.4 Å². The van der Waals surface area contributed by atoms with Crippen LogP contribution in [0.3, 0.4) is 0 Å². The predicted octanol–water partition coefficient (Wildman–Crippen LogP) is 2.24. The first-order chi connectivity index (χ1) is 6.20. The van der Waals surface area contributed by atoms with Crippen molar-refractivity contribution >= 4 is 0 Å². The number of aryl methyl sites for hydroxylation is 1. The Morgan fingerprint density at radius 1 is 1.46 bits per heavy atom. The van der Waals surface area contributed by atoms with Gasteiger partial charge in [-0.25, -0.2) is 4.39 Å². The Labute approximate surface area is 77.2 Å². The molecule has 1 aromatic carbocycles. The summed E-state index contributed by atoms with van der Waals surface area (Å²) in [5.41, 5.74) is 1.76. The van der Waals surface area contributed by atoms with Crippen LogP contribution in [-0.2, 0) is 6.42 Å². The van der Waals surface area contributed by atoms with E-state index in [-0.39, 0.29) is 17.8 Å². The van der Waals surface area contributed by atoms with Crippen molar-refractivity contribution in [3.63, 3.8) is 0 Å². The molecule has 70 valence electrons. The molecule has 1 N–H and O–H groups in total. The molecule has 0 amide bonds. The highest BCUT2D eigenvalue weighted by Crippen LogP contribution is 2.32. The zero-order valence-corrected chi connectivity index (χ0v) is 7.63. The second kappa shape index (κ2) is 3.11. The van der Waals surface area contributed by atoms with E-state index in [1.54, 1.807) is 6.07 Å². The molecular weight excluding hydrogens is 167 g/mol. The molecule has 0 radical (unpaired) electrons. The van der Waals surface area contributed by atoms with Gasteiger partial charge in [-0.15, -0.1) is 0 Å². The van der Waals surface area contributed by atoms with Crippen molar-refractivity contribution in [3.05, 3.63) is 35.1 Å². The van der Waals surface area contributed by atoms with Crippen LogP contribution < -0.4 is 0 Å². The molecule has 1 nitrogen and oxygen atoms in total.